The maximum Gasteiger partial charge on any atom is 0.191 e. The summed E-state index contributed by atoms with van der Waals surface area (Å²) in [6, 6.07) is 6.34. The number of benzene rings is 1. The van der Waals surface area contributed by atoms with Gasteiger partial charge in [0.2, 0.25) is 0 Å². The lowest BCUT2D eigenvalue weighted by atomic mass is 10.1. The maximum absolute atomic E-state index is 13.6. The summed E-state index contributed by atoms with van der Waals surface area (Å²) >= 11 is 0. The van der Waals surface area contributed by atoms with Crippen molar-refractivity contribution < 1.29 is 9.13 Å². The molecule has 2 N–H and O–H groups in total. The van der Waals surface area contributed by atoms with Crippen molar-refractivity contribution in [3.8, 4) is 6.07 Å². The lowest BCUT2D eigenvalue weighted by Crippen LogP contribution is -2.43. The van der Waals surface area contributed by atoms with Gasteiger partial charge in [-0.1, -0.05) is 0 Å². The van der Waals surface area contributed by atoms with Crippen molar-refractivity contribution >= 4 is 29.9 Å². The van der Waals surface area contributed by atoms with Gasteiger partial charge >= 0.3 is 0 Å². The number of methoxy groups -OCH3 is 1. The topological polar surface area (TPSA) is 69.4 Å². The van der Waals surface area contributed by atoms with E-state index in [-0.39, 0.29) is 42.4 Å². The van der Waals surface area contributed by atoms with Gasteiger partial charge in [-0.3, -0.25) is 4.99 Å². The van der Waals surface area contributed by atoms with Crippen molar-refractivity contribution in [2.75, 3.05) is 20.8 Å². The van der Waals surface area contributed by atoms with Crippen LogP contribution in [0.2, 0.25) is 0 Å². The number of nitrogens with zero attached hydrogens (tertiary/aromatic N) is 2. The second kappa shape index (κ2) is 10.3. The van der Waals surface area contributed by atoms with Crippen LogP contribution in [0.3, 0.4) is 0 Å². The molecule has 116 valence electrons. The Morgan fingerprint density at radius 2 is 2.24 bits per heavy atom. The van der Waals surface area contributed by atoms with Gasteiger partial charge in [-0.25, -0.2) is 4.39 Å². The van der Waals surface area contributed by atoms with E-state index in [1.807, 2.05) is 13.0 Å². The Kier molecular flexibility index (Phi) is 9.65. The van der Waals surface area contributed by atoms with Crippen LogP contribution in [0, 0.1) is 17.1 Å². The second-order valence-electron chi connectivity index (χ2n) is 4.34. The Bertz CT molecular complexity index is 516. The number of nitriles is 1. The Labute approximate surface area is 141 Å². The third-order valence-corrected chi connectivity index (χ3v) is 2.64. The quantitative estimate of drug-likeness (QED) is 0.446. The van der Waals surface area contributed by atoms with E-state index in [1.54, 1.807) is 14.2 Å². The Balaban J connectivity index is 0.00000400. The van der Waals surface area contributed by atoms with Gasteiger partial charge < -0.3 is 15.4 Å². The number of guanidine groups is 1. The number of aliphatic imine (C=N–C) groups is 1. The van der Waals surface area contributed by atoms with E-state index < -0.39 is 0 Å². The summed E-state index contributed by atoms with van der Waals surface area (Å²) in [5.74, 6) is 0.202. The minimum absolute atomic E-state index is 0. The molecule has 0 amide bonds. The molecule has 0 aliphatic heterocycles. The third kappa shape index (κ3) is 6.73. The molecular weight excluding hydrogens is 386 g/mol. The average molecular weight is 406 g/mol. The van der Waals surface area contributed by atoms with Crippen molar-refractivity contribution in [2.45, 2.75) is 19.5 Å². The van der Waals surface area contributed by atoms with Crippen LogP contribution in [0.1, 0.15) is 18.1 Å². The number of hydrogen-bond acceptors (Lipinski definition) is 3. The first-order valence-electron chi connectivity index (χ1n) is 6.25. The zero-order valence-electron chi connectivity index (χ0n) is 12.3. The van der Waals surface area contributed by atoms with Gasteiger partial charge in [-0.2, -0.15) is 5.26 Å². The molecule has 0 aromatic heterocycles. The predicted octanol–water partition coefficient (Wildman–Crippen LogP) is 2.02. The van der Waals surface area contributed by atoms with Crippen molar-refractivity contribution in [3.05, 3.63) is 35.1 Å². The number of hydrogen-bond donors (Lipinski definition) is 2. The van der Waals surface area contributed by atoms with Crippen LogP contribution in [0.25, 0.3) is 0 Å². The van der Waals surface area contributed by atoms with Gasteiger partial charge in [-0.15, -0.1) is 24.0 Å². The van der Waals surface area contributed by atoms with E-state index in [0.717, 1.165) is 0 Å². The molecule has 0 heterocycles. The fourth-order valence-electron chi connectivity index (χ4n) is 1.68. The molecule has 0 spiro atoms. The normalized spacial score (nSPS) is 12.0. The van der Waals surface area contributed by atoms with Crippen LogP contribution < -0.4 is 10.6 Å². The highest BCUT2D eigenvalue weighted by atomic mass is 127. The van der Waals surface area contributed by atoms with Crippen molar-refractivity contribution in [1.82, 2.24) is 10.6 Å². The van der Waals surface area contributed by atoms with E-state index in [0.29, 0.717) is 23.7 Å². The number of ether oxygens (including phenoxy) is 1. The van der Waals surface area contributed by atoms with Crippen molar-refractivity contribution in [2.24, 2.45) is 4.99 Å². The van der Waals surface area contributed by atoms with Crippen LogP contribution in [0.15, 0.2) is 23.2 Å². The van der Waals surface area contributed by atoms with E-state index in [4.69, 9.17) is 10.00 Å². The standard InChI is InChI=1S/C14H19FN4O.HI/c1-10(9-20-3)19-14(17-2)18-8-12-6-11(7-16)4-5-13(12)15;/h4-6,10H,8-9H2,1-3H3,(H2,17,18,19);1H. The largest absolute Gasteiger partial charge is 0.383 e. The molecule has 0 saturated carbocycles. The number of rotatable bonds is 5. The molecule has 1 aromatic rings. The minimum atomic E-state index is -0.350. The molecule has 0 aliphatic carbocycles. The van der Waals surface area contributed by atoms with Gasteiger partial charge in [0.25, 0.3) is 0 Å². The summed E-state index contributed by atoms with van der Waals surface area (Å²) in [4.78, 5) is 4.05. The molecule has 1 atom stereocenters. The lowest BCUT2D eigenvalue weighted by Gasteiger charge is -2.17. The summed E-state index contributed by atoms with van der Waals surface area (Å²) in [7, 11) is 3.26. The van der Waals surface area contributed by atoms with Crippen LogP contribution in [-0.2, 0) is 11.3 Å². The summed E-state index contributed by atoms with van der Waals surface area (Å²) in [5, 5.41) is 14.9. The first-order chi connectivity index (χ1) is 9.60. The van der Waals surface area contributed by atoms with Gasteiger partial charge in [0.15, 0.2) is 5.96 Å². The Morgan fingerprint density at radius 3 is 2.81 bits per heavy atom. The molecule has 1 unspecified atom stereocenters. The zero-order valence-corrected chi connectivity index (χ0v) is 14.6. The van der Waals surface area contributed by atoms with Crippen LogP contribution in [0.4, 0.5) is 4.39 Å². The molecule has 0 saturated heterocycles. The number of halogens is 2. The van der Waals surface area contributed by atoms with Gasteiger partial charge in [0.05, 0.1) is 18.2 Å². The van der Waals surface area contributed by atoms with Crippen molar-refractivity contribution in [1.29, 1.82) is 5.26 Å². The monoisotopic (exact) mass is 406 g/mol. The SMILES string of the molecule is CN=C(NCc1cc(C#N)ccc1F)NC(C)COC.I. The average Bonchev–Trinajstić information content (AvgIpc) is 2.45. The van der Waals surface area contributed by atoms with Crippen molar-refractivity contribution in [3.63, 3.8) is 0 Å². The highest BCUT2D eigenvalue weighted by molar-refractivity contribution is 14.0. The summed E-state index contributed by atoms with van der Waals surface area (Å²) < 4.78 is 18.6. The molecule has 0 bridgehead atoms. The lowest BCUT2D eigenvalue weighted by molar-refractivity contribution is 0.179. The first-order valence-corrected chi connectivity index (χ1v) is 6.25. The smallest absolute Gasteiger partial charge is 0.191 e. The second-order valence-corrected chi connectivity index (χ2v) is 4.34. The molecule has 0 aliphatic rings. The van der Waals surface area contributed by atoms with Gasteiger partial charge in [0, 0.05) is 32.3 Å². The zero-order chi connectivity index (χ0) is 15.0. The highest BCUT2D eigenvalue weighted by Crippen LogP contribution is 2.09. The molecular formula is C14H20FIN4O. The summed E-state index contributed by atoms with van der Waals surface area (Å²) in [5.41, 5.74) is 0.852. The predicted molar refractivity (Wildman–Crippen MR) is 91.2 cm³/mol. The molecule has 0 fully saturated rings. The molecule has 1 rings (SSSR count). The highest BCUT2D eigenvalue weighted by Gasteiger charge is 2.07. The van der Waals surface area contributed by atoms with Crippen LogP contribution >= 0.6 is 24.0 Å². The Morgan fingerprint density at radius 1 is 1.52 bits per heavy atom. The van der Waals surface area contributed by atoms with E-state index in [1.165, 1.54) is 18.2 Å². The van der Waals surface area contributed by atoms with Crippen LogP contribution in [0.5, 0.6) is 0 Å². The molecule has 21 heavy (non-hydrogen) atoms. The molecule has 1 aromatic carbocycles. The summed E-state index contributed by atoms with van der Waals surface area (Å²) in [6.45, 7) is 2.74. The fourth-order valence-corrected chi connectivity index (χ4v) is 1.68. The van der Waals surface area contributed by atoms with E-state index in [2.05, 4.69) is 15.6 Å². The molecule has 5 nitrogen and oxygen atoms in total. The maximum atomic E-state index is 13.6. The minimum Gasteiger partial charge on any atom is -0.383 e. The van der Waals surface area contributed by atoms with Crippen LogP contribution in [-0.4, -0.2) is 32.8 Å². The van der Waals surface area contributed by atoms with Gasteiger partial charge in [0.1, 0.15) is 5.82 Å². The summed E-state index contributed by atoms with van der Waals surface area (Å²) in [6.07, 6.45) is 0. The third-order valence-electron chi connectivity index (χ3n) is 2.64. The fraction of sp³-hybridized carbons (Fsp3) is 0.429. The van der Waals surface area contributed by atoms with E-state index >= 15 is 0 Å². The Hall–Kier alpha value is -1.40. The van der Waals surface area contributed by atoms with E-state index in [9.17, 15) is 4.39 Å². The first kappa shape index (κ1) is 19.6. The van der Waals surface area contributed by atoms with Gasteiger partial charge in [-0.05, 0) is 25.1 Å². The number of nitrogens with one attached hydrogen (secondary N) is 2. The molecule has 7 heteroatoms. The molecule has 0 radical (unpaired) electrons.